The van der Waals surface area contributed by atoms with Gasteiger partial charge in [0.2, 0.25) is 5.84 Å². The molecule has 0 rings (SSSR count). The predicted octanol–water partition coefficient (Wildman–Crippen LogP) is 0.223. The maximum atomic E-state index is 10.2. The molecule has 56 valence electrons. The average molecular weight is 142 g/mol. The lowest BCUT2D eigenvalue weighted by Crippen LogP contribution is -2.26. The first kappa shape index (κ1) is 8.68. The highest BCUT2D eigenvalue weighted by atomic mass is 16.4. The first-order valence-corrected chi connectivity index (χ1v) is 2.80. The Labute approximate surface area is 59.3 Å². The minimum atomic E-state index is -1.06. The van der Waals surface area contributed by atoms with Crippen molar-refractivity contribution in [2.75, 3.05) is 7.05 Å². The van der Waals surface area contributed by atoms with Gasteiger partial charge in [0.25, 0.3) is 0 Å². The van der Waals surface area contributed by atoms with Gasteiger partial charge in [0.05, 0.1) is 0 Å². The summed E-state index contributed by atoms with van der Waals surface area (Å²) in [6, 6.07) is 0. The second-order valence-electron chi connectivity index (χ2n) is 1.52. The van der Waals surface area contributed by atoms with E-state index < -0.39 is 5.97 Å². The Morgan fingerprint density at radius 3 is 2.60 bits per heavy atom. The first-order chi connectivity index (χ1) is 4.72. The number of aliphatic carboxylic acids is 1. The van der Waals surface area contributed by atoms with Gasteiger partial charge in [-0.1, -0.05) is 6.08 Å². The summed E-state index contributed by atoms with van der Waals surface area (Å²) in [6.07, 6.45) is 3.20. The Morgan fingerprint density at radius 2 is 2.30 bits per heavy atom. The van der Waals surface area contributed by atoms with Crippen LogP contribution in [0.25, 0.3) is 0 Å². The second-order valence-corrected chi connectivity index (χ2v) is 1.52. The van der Waals surface area contributed by atoms with E-state index in [-0.39, 0.29) is 5.84 Å². The Morgan fingerprint density at radius 1 is 1.70 bits per heavy atom. The molecule has 0 saturated carbocycles. The molecule has 4 heteroatoms. The quantitative estimate of drug-likeness (QED) is 0.406. The zero-order valence-electron chi connectivity index (χ0n) is 5.96. The van der Waals surface area contributed by atoms with Crippen LogP contribution in [-0.4, -0.2) is 24.0 Å². The van der Waals surface area contributed by atoms with Crippen LogP contribution in [0.3, 0.4) is 0 Å². The lowest BCUT2D eigenvalue weighted by atomic mass is 10.5. The van der Waals surface area contributed by atoms with Gasteiger partial charge in [-0.15, -0.1) is 0 Å². The number of nitrogens with one attached hydrogen (secondary N) is 1. The molecule has 0 aromatic rings. The van der Waals surface area contributed by atoms with Gasteiger partial charge in [-0.25, -0.2) is 4.79 Å². The fraction of sp³-hybridized carbons (Fsp3) is 0.333. The molecule has 4 nitrogen and oxygen atoms in total. The van der Waals surface area contributed by atoms with Crippen LogP contribution in [0.15, 0.2) is 17.3 Å². The van der Waals surface area contributed by atoms with Crippen LogP contribution >= 0.6 is 0 Å². The van der Waals surface area contributed by atoms with E-state index in [0.717, 1.165) is 0 Å². The SMILES string of the molecule is C/C=C\NC(=NC)C(=O)O. The summed E-state index contributed by atoms with van der Waals surface area (Å²) < 4.78 is 0. The maximum absolute atomic E-state index is 10.2. The van der Waals surface area contributed by atoms with Gasteiger partial charge in [-0.2, -0.15) is 0 Å². The van der Waals surface area contributed by atoms with Crippen LogP contribution in [0.1, 0.15) is 6.92 Å². The van der Waals surface area contributed by atoms with Gasteiger partial charge in [0.15, 0.2) is 0 Å². The topological polar surface area (TPSA) is 61.7 Å². The molecule has 0 aliphatic heterocycles. The summed E-state index contributed by atoms with van der Waals surface area (Å²) in [5, 5.41) is 10.9. The van der Waals surface area contributed by atoms with Crippen molar-refractivity contribution in [2.45, 2.75) is 6.92 Å². The highest BCUT2D eigenvalue weighted by molar-refractivity contribution is 6.34. The Kier molecular flexibility index (Phi) is 3.95. The lowest BCUT2D eigenvalue weighted by molar-refractivity contribution is -0.129. The summed E-state index contributed by atoms with van der Waals surface area (Å²) in [7, 11) is 1.42. The molecule has 0 aromatic carbocycles. The van der Waals surface area contributed by atoms with Crippen LogP contribution in [-0.2, 0) is 4.79 Å². The van der Waals surface area contributed by atoms with Crippen molar-refractivity contribution in [2.24, 2.45) is 4.99 Å². The van der Waals surface area contributed by atoms with Crippen molar-refractivity contribution in [3.8, 4) is 0 Å². The van der Waals surface area contributed by atoms with Crippen LogP contribution in [0.4, 0.5) is 0 Å². The summed E-state index contributed by atoms with van der Waals surface area (Å²) in [4.78, 5) is 13.7. The number of aliphatic imine (C=N–C) groups is 1. The van der Waals surface area contributed by atoms with Crippen LogP contribution in [0.2, 0.25) is 0 Å². The summed E-state index contributed by atoms with van der Waals surface area (Å²) in [5.74, 6) is -1.11. The van der Waals surface area contributed by atoms with Crippen LogP contribution in [0.5, 0.6) is 0 Å². The molecule has 0 aliphatic rings. The molecule has 0 saturated heterocycles. The van der Waals surface area contributed by atoms with E-state index in [1.54, 1.807) is 13.0 Å². The standard InChI is InChI=1S/C6H10N2O2/c1-3-4-8-5(7-2)6(9)10/h3-4H,1-2H3,(H,7,8)(H,9,10)/b4-3-. The fourth-order valence-corrected chi connectivity index (χ4v) is 0.384. The van der Waals surface area contributed by atoms with Gasteiger partial charge < -0.3 is 10.4 Å². The van der Waals surface area contributed by atoms with Crippen LogP contribution in [0, 0.1) is 0 Å². The third-order valence-electron chi connectivity index (χ3n) is 0.813. The van der Waals surface area contributed by atoms with E-state index >= 15 is 0 Å². The van der Waals surface area contributed by atoms with Gasteiger partial charge in [0, 0.05) is 7.05 Å². The van der Waals surface area contributed by atoms with E-state index in [1.165, 1.54) is 13.2 Å². The number of nitrogens with zero attached hydrogens (tertiary/aromatic N) is 1. The van der Waals surface area contributed by atoms with Gasteiger partial charge in [-0.3, -0.25) is 4.99 Å². The Bertz CT molecular complexity index is 173. The molecule has 2 N–H and O–H groups in total. The molecule has 0 amide bonds. The lowest BCUT2D eigenvalue weighted by Gasteiger charge is -1.96. The number of rotatable bonds is 1. The number of hydrogen-bond donors (Lipinski definition) is 2. The first-order valence-electron chi connectivity index (χ1n) is 2.80. The minimum absolute atomic E-state index is 0.0573. The van der Waals surface area contributed by atoms with Gasteiger partial charge >= 0.3 is 5.97 Å². The van der Waals surface area contributed by atoms with Crippen molar-refractivity contribution < 1.29 is 9.90 Å². The van der Waals surface area contributed by atoms with Crippen LogP contribution < -0.4 is 5.32 Å². The molecule has 0 bridgehead atoms. The molecular formula is C6H10N2O2. The number of carboxylic acids is 1. The highest BCUT2D eigenvalue weighted by Crippen LogP contribution is 1.72. The molecule has 0 heterocycles. The van der Waals surface area contributed by atoms with Crippen molar-refractivity contribution in [3.63, 3.8) is 0 Å². The molecule has 0 spiro atoms. The summed E-state index contributed by atoms with van der Waals surface area (Å²) in [5.41, 5.74) is 0. The maximum Gasteiger partial charge on any atom is 0.371 e. The monoisotopic (exact) mass is 142 g/mol. The van der Waals surface area contributed by atoms with Crippen molar-refractivity contribution in [1.82, 2.24) is 5.32 Å². The Balaban J connectivity index is 3.99. The third-order valence-corrected chi connectivity index (χ3v) is 0.813. The number of carboxylic acid groups (broad SMARTS) is 1. The van der Waals surface area contributed by atoms with Crippen molar-refractivity contribution >= 4 is 11.8 Å². The normalized spacial score (nSPS) is 12.0. The van der Waals surface area contributed by atoms with E-state index in [0.29, 0.717) is 0 Å². The molecule has 0 aliphatic carbocycles. The molecule has 10 heavy (non-hydrogen) atoms. The third kappa shape index (κ3) is 2.86. The van der Waals surface area contributed by atoms with E-state index in [1.807, 2.05) is 0 Å². The molecule has 0 fully saturated rings. The number of allylic oxidation sites excluding steroid dienone is 1. The summed E-state index contributed by atoms with van der Waals surface area (Å²) in [6.45, 7) is 1.78. The largest absolute Gasteiger partial charge is 0.475 e. The number of hydrogen-bond acceptors (Lipinski definition) is 2. The highest BCUT2D eigenvalue weighted by Gasteiger charge is 2.03. The average Bonchev–Trinajstić information content (AvgIpc) is 1.89. The van der Waals surface area contributed by atoms with Crippen molar-refractivity contribution in [1.29, 1.82) is 0 Å². The fourth-order valence-electron chi connectivity index (χ4n) is 0.384. The Hall–Kier alpha value is -1.32. The second kappa shape index (κ2) is 4.55. The van der Waals surface area contributed by atoms with E-state index in [9.17, 15) is 4.79 Å². The summed E-state index contributed by atoms with van der Waals surface area (Å²) >= 11 is 0. The van der Waals surface area contributed by atoms with Crippen molar-refractivity contribution in [3.05, 3.63) is 12.3 Å². The molecule has 0 unspecified atom stereocenters. The zero-order valence-corrected chi connectivity index (χ0v) is 5.96. The zero-order chi connectivity index (χ0) is 7.98. The predicted molar refractivity (Wildman–Crippen MR) is 38.9 cm³/mol. The number of amidine groups is 1. The molecule has 0 radical (unpaired) electrons. The van der Waals surface area contributed by atoms with Gasteiger partial charge in [-0.05, 0) is 13.1 Å². The molecule has 0 aromatic heterocycles. The minimum Gasteiger partial charge on any atom is -0.475 e. The van der Waals surface area contributed by atoms with Gasteiger partial charge in [0.1, 0.15) is 0 Å². The van der Waals surface area contributed by atoms with E-state index in [2.05, 4.69) is 10.3 Å². The van der Waals surface area contributed by atoms with E-state index in [4.69, 9.17) is 5.11 Å². The molecule has 0 atom stereocenters. The smallest absolute Gasteiger partial charge is 0.371 e. The molecular weight excluding hydrogens is 132 g/mol. The number of carbonyl (C=O) groups is 1.